The number of hydrogen-bond acceptors (Lipinski definition) is 3. The average molecular weight is 222 g/mol. The van der Waals surface area contributed by atoms with Crippen molar-refractivity contribution in [3.05, 3.63) is 23.0 Å². The van der Waals surface area contributed by atoms with Crippen LogP contribution in [0.15, 0.2) is 6.07 Å². The lowest BCUT2D eigenvalue weighted by molar-refractivity contribution is 0.0690. The van der Waals surface area contributed by atoms with E-state index in [9.17, 15) is 4.79 Å². The quantitative estimate of drug-likeness (QED) is 0.646. The summed E-state index contributed by atoms with van der Waals surface area (Å²) in [5.74, 6) is -0.900. The molecule has 1 unspecified atom stereocenters. The number of ether oxygens (including phenoxy) is 1. The molecule has 1 fully saturated rings. The third kappa shape index (κ3) is 1.28. The first kappa shape index (κ1) is 9.86. The van der Waals surface area contributed by atoms with Crippen molar-refractivity contribution in [1.29, 1.82) is 0 Å². The molecule has 0 saturated carbocycles. The van der Waals surface area contributed by atoms with Crippen molar-refractivity contribution in [3.8, 4) is 0 Å². The number of fused-ring (bicyclic) bond motifs is 2. The van der Waals surface area contributed by atoms with Crippen LogP contribution in [0.1, 0.15) is 28.2 Å². The molecule has 3 rings (SSSR count). The van der Waals surface area contributed by atoms with Crippen LogP contribution in [-0.2, 0) is 16.7 Å². The standard InChI is InChI=1S/C11H14N2O3/c14-10(15)8-3-7-4-12-5-11(9(7)13-8)1-2-16-6-11/h3,12-13H,1-2,4-6H2,(H,14,15). The maximum absolute atomic E-state index is 10.9. The minimum Gasteiger partial charge on any atom is -0.477 e. The summed E-state index contributed by atoms with van der Waals surface area (Å²) in [7, 11) is 0. The first-order valence-electron chi connectivity index (χ1n) is 5.45. The number of aromatic nitrogens is 1. The Kier molecular flexibility index (Phi) is 2.05. The van der Waals surface area contributed by atoms with Crippen molar-refractivity contribution in [2.45, 2.75) is 18.4 Å². The number of carboxylic acid groups (broad SMARTS) is 1. The van der Waals surface area contributed by atoms with Gasteiger partial charge >= 0.3 is 5.97 Å². The van der Waals surface area contributed by atoms with Crippen molar-refractivity contribution >= 4 is 5.97 Å². The van der Waals surface area contributed by atoms with Gasteiger partial charge in [0.15, 0.2) is 0 Å². The second-order valence-corrected chi connectivity index (χ2v) is 4.57. The number of nitrogens with one attached hydrogen (secondary N) is 2. The summed E-state index contributed by atoms with van der Waals surface area (Å²) >= 11 is 0. The molecule has 0 amide bonds. The number of H-pyrrole nitrogens is 1. The molecule has 2 aliphatic rings. The van der Waals surface area contributed by atoms with Crippen molar-refractivity contribution in [2.24, 2.45) is 0 Å². The SMILES string of the molecule is O=C(O)c1cc2c([nH]1)C1(CCOC1)CNC2. The third-order valence-electron chi connectivity index (χ3n) is 3.54. The highest BCUT2D eigenvalue weighted by molar-refractivity contribution is 5.86. The third-order valence-corrected chi connectivity index (χ3v) is 3.54. The van der Waals surface area contributed by atoms with Gasteiger partial charge in [0.25, 0.3) is 0 Å². The van der Waals surface area contributed by atoms with Crippen LogP contribution in [0.2, 0.25) is 0 Å². The van der Waals surface area contributed by atoms with E-state index in [4.69, 9.17) is 9.84 Å². The Morgan fingerprint density at radius 3 is 3.12 bits per heavy atom. The van der Waals surface area contributed by atoms with Gasteiger partial charge in [-0.15, -0.1) is 0 Å². The van der Waals surface area contributed by atoms with E-state index in [0.29, 0.717) is 6.61 Å². The van der Waals surface area contributed by atoms with Crippen LogP contribution in [0.3, 0.4) is 0 Å². The van der Waals surface area contributed by atoms with Gasteiger partial charge in [0.05, 0.1) is 6.61 Å². The zero-order valence-corrected chi connectivity index (χ0v) is 8.88. The lowest BCUT2D eigenvalue weighted by Crippen LogP contribution is -2.43. The van der Waals surface area contributed by atoms with Crippen LogP contribution in [0, 0.1) is 0 Å². The summed E-state index contributed by atoms with van der Waals surface area (Å²) in [6, 6.07) is 1.73. The van der Waals surface area contributed by atoms with Gasteiger partial charge in [-0.05, 0) is 18.1 Å². The molecule has 0 aliphatic carbocycles. The molecule has 0 aromatic carbocycles. The van der Waals surface area contributed by atoms with Gasteiger partial charge in [-0.1, -0.05) is 0 Å². The minimum absolute atomic E-state index is 0.0404. The Bertz CT molecular complexity index is 432. The summed E-state index contributed by atoms with van der Waals surface area (Å²) in [5, 5.41) is 12.3. The molecule has 3 heterocycles. The Morgan fingerprint density at radius 1 is 1.56 bits per heavy atom. The number of carbonyl (C=O) groups is 1. The molecule has 0 radical (unpaired) electrons. The highest BCUT2D eigenvalue weighted by Gasteiger charge is 2.41. The number of rotatable bonds is 1. The van der Waals surface area contributed by atoms with Crippen molar-refractivity contribution < 1.29 is 14.6 Å². The topological polar surface area (TPSA) is 74.3 Å². The number of hydrogen-bond donors (Lipinski definition) is 3. The van der Waals surface area contributed by atoms with Crippen LogP contribution in [0.25, 0.3) is 0 Å². The maximum Gasteiger partial charge on any atom is 0.352 e. The highest BCUT2D eigenvalue weighted by Crippen LogP contribution is 2.36. The van der Waals surface area contributed by atoms with Gasteiger partial charge in [-0.2, -0.15) is 0 Å². The van der Waals surface area contributed by atoms with Crippen LogP contribution in [0.4, 0.5) is 0 Å². The second-order valence-electron chi connectivity index (χ2n) is 4.57. The van der Waals surface area contributed by atoms with Gasteiger partial charge in [-0.25, -0.2) is 4.79 Å². The van der Waals surface area contributed by atoms with E-state index in [2.05, 4.69) is 10.3 Å². The molecule has 16 heavy (non-hydrogen) atoms. The maximum atomic E-state index is 10.9. The zero-order chi connectivity index (χ0) is 11.2. The van der Waals surface area contributed by atoms with Crippen LogP contribution in [0.5, 0.6) is 0 Å². The number of aromatic amines is 1. The van der Waals surface area contributed by atoms with Gasteiger partial charge in [-0.3, -0.25) is 0 Å². The number of aromatic carboxylic acids is 1. The van der Waals surface area contributed by atoms with Crippen molar-refractivity contribution in [2.75, 3.05) is 19.8 Å². The fourth-order valence-electron chi connectivity index (χ4n) is 2.69. The van der Waals surface area contributed by atoms with Gasteiger partial charge in [0, 0.05) is 30.8 Å². The lowest BCUT2D eigenvalue weighted by Gasteiger charge is -2.32. The van der Waals surface area contributed by atoms with E-state index in [-0.39, 0.29) is 11.1 Å². The van der Waals surface area contributed by atoms with Crippen LogP contribution in [-0.4, -0.2) is 35.8 Å². The Labute approximate surface area is 92.8 Å². The summed E-state index contributed by atoms with van der Waals surface area (Å²) in [6.07, 6.45) is 0.951. The lowest BCUT2D eigenvalue weighted by atomic mass is 9.80. The average Bonchev–Trinajstić information content (AvgIpc) is 2.85. The summed E-state index contributed by atoms with van der Waals surface area (Å²) in [4.78, 5) is 14.0. The fourth-order valence-corrected chi connectivity index (χ4v) is 2.69. The zero-order valence-electron chi connectivity index (χ0n) is 8.88. The smallest absolute Gasteiger partial charge is 0.352 e. The normalized spacial score (nSPS) is 28.2. The van der Waals surface area contributed by atoms with E-state index in [0.717, 1.165) is 37.4 Å². The van der Waals surface area contributed by atoms with E-state index in [1.807, 2.05) is 0 Å². The Hall–Kier alpha value is -1.33. The summed E-state index contributed by atoms with van der Waals surface area (Å²) in [6.45, 7) is 3.02. The molecule has 1 aromatic heterocycles. The second kappa shape index (κ2) is 3.33. The largest absolute Gasteiger partial charge is 0.477 e. The first-order chi connectivity index (χ1) is 7.71. The molecular weight excluding hydrogens is 208 g/mol. The van der Waals surface area contributed by atoms with E-state index in [1.165, 1.54) is 0 Å². The highest BCUT2D eigenvalue weighted by atomic mass is 16.5. The van der Waals surface area contributed by atoms with Crippen molar-refractivity contribution in [1.82, 2.24) is 10.3 Å². The molecule has 2 aliphatic heterocycles. The molecular formula is C11H14N2O3. The predicted molar refractivity (Wildman–Crippen MR) is 56.6 cm³/mol. The molecule has 0 bridgehead atoms. The molecule has 1 spiro atoms. The molecule has 1 aromatic rings. The fraction of sp³-hybridized carbons (Fsp3) is 0.545. The molecule has 1 saturated heterocycles. The molecule has 5 heteroatoms. The van der Waals surface area contributed by atoms with Crippen LogP contribution >= 0.6 is 0 Å². The van der Waals surface area contributed by atoms with E-state index >= 15 is 0 Å². The van der Waals surface area contributed by atoms with E-state index in [1.54, 1.807) is 6.07 Å². The Balaban J connectivity index is 2.07. The molecule has 5 nitrogen and oxygen atoms in total. The van der Waals surface area contributed by atoms with Gasteiger partial charge < -0.3 is 20.1 Å². The summed E-state index contributed by atoms with van der Waals surface area (Å²) < 4.78 is 5.46. The number of carboxylic acids is 1. The monoisotopic (exact) mass is 222 g/mol. The van der Waals surface area contributed by atoms with Gasteiger partial charge in [0.2, 0.25) is 0 Å². The van der Waals surface area contributed by atoms with Gasteiger partial charge in [0.1, 0.15) is 5.69 Å². The van der Waals surface area contributed by atoms with E-state index < -0.39 is 5.97 Å². The molecule has 3 N–H and O–H groups in total. The molecule has 86 valence electrons. The molecule has 1 atom stereocenters. The minimum atomic E-state index is -0.900. The first-order valence-corrected chi connectivity index (χ1v) is 5.45. The predicted octanol–water partition coefficient (Wildman–Crippen LogP) is 0.474. The van der Waals surface area contributed by atoms with Crippen LogP contribution < -0.4 is 5.32 Å². The Morgan fingerprint density at radius 2 is 2.44 bits per heavy atom. The van der Waals surface area contributed by atoms with Crippen molar-refractivity contribution in [3.63, 3.8) is 0 Å². The summed E-state index contributed by atoms with van der Waals surface area (Å²) in [5.41, 5.74) is 2.36.